The number of carbonyl (C=O) groups excluding carboxylic acids is 3. The minimum atomic E-state index is -0.943. The molecular formula is C8H6N2O5. The van der Waals surface area contributed by atoms with Crippen LogP contribution >= 0.6 is 0 Å². The fourth-order valence-corrected chi connectivity index (χ4v) is 0.979. The molecule has 0 atom stereocenters. The summed E-state index contributed by atoms with van der Waals surface area (Å²) < 4.78 is 0. The Kier molecular flexibility index (Phi) is 2.75. The van der Waals surface area contributed by atoms with Crippen molar-refractivity contribution < 1.29 is 19.3 Å². The fourth-order valence-electron chi connectivity index (χ4n) is 0.979. The first-order chi connectivity index (χ1) is 6.91. The number of nitrogens with one attached hydrogen (secondary N) is 1. The van der Waals surface area contributed by atoms with Gasteiger partial charge in [-0.05, 0) is 0 Å². The summed E-state index contributed by atoms with van der Waals surface area (Å²) in [5.41, 5.74) is -1.05. The maximum Gasteiger partial charge on any atom is 0.320 e. The van der Waals surface area contributed by atoms with Gasteiger partial charge in [-0.15, -0.1) is 0 Å². The molecule has 0 aliphatic heterocycles. The summed E-state index contributed by atoms with van der Waals surface area (Å²) in [6.07, 6.45) is 1.33. The van der Waals surface area contributed by atoms with E-state index in [1.165, 1.54) is 0 Å². The van der Waals surface area contributed by atoms with Crippen molar-refractivity contribution in [2.45, 2.75) is 6.92 Å². The molecule has 7 nitrogen and oxygen atoms in total. The van der Waals surface area contributed by atoms with Gasteiger partial charge in [0.1, 0.15) is 0 Å². The average molecular weight is 210 g/mol. The van der Waals surface area contributed by atoms with Crippen LogP contribution in [0.1, 0.15) is 6.92 Å². The van der Waals surface area contributed by atoms with Crippen molar-refractivity contribution >= 4 is 17.5 Å². The Morgan fingerprint density at radius 1 is 1.33 bits per heavy atom. The molecule has 0 heterocycles. The first-order valence-electron chi connectivity index (χ1n) is 3.86. The van der Waals surface area contributed by atoms with Crippen molar-refractivity contribution in [1.82, 2.24) is 5.32 Å². The first-order valence-corrected chi connectivity index (χ1v) is 3.86. The predicted octanol–water partition coefficient (Wildman–Crippen LogP) is -0.681. The van der Waals surface area contributed by atoms with Crippen LogP contribution in [0.25, 0.3) is 0 Å². The summed E-state index contributed by atoms with van der Waals surface area (Å²) in [6.45, 7) is 1.16. The number of amides is 1. The number of hydrogen-bond donors (Lipinski definition) is 1. The normalized spacial score (nSPS) is 15.5. The molecule has 1 aliphatic rings. The molecule has 0 fully saturated rings. The smallest absolute Gasteiger partial charge is 0.320 e. The Balaban J connectivity index is 2.98. The molecule has 0 spiro atoms. The van der Waals surface area contributed by atoms with Gasteiger partial charge in [-0.3, -0.25) is 24.5 Å². The Morgan fingerprint density at radius 3 is 2.40 bits per heavy atom. The van der Waals surface area contributed by atoms with Gasteiger partial charge in [0.15, 0.2) is 0 Å². The van der Waals surface area contributed by atoms with Gasteiger partial charge in [-0.25, -0.2) is 0 Å². The molecule has 0 saturated carbocycles. The van der Waals surface area contributed by atoms with Crippen molar-refractivity contribution in [3.05, 3.63) is 33.7 Å². The van der Waals surface area contributed by atoms with Crippen molar-refractivity contribution in [2.24, 2.45) is 0 Å². The van der Waals surface area contributed by atoms with Gasteiger partial charge in [0.25, 0.3) is 5.78 Å². The van der Waals surface area contributed by atoms with E-state index in [2.05, 4.69) is 5.32 Å². The monoisotopic (exact) mass is 210 g/mol. The Labute approximate surface area is 83.6 Å². The fraction of sp³-hybridized carbons (Fsp3) is 0.125. The third-order valence-corrected chi connectivity index (χ3v) is 1.57. The highest BCUT2D eigenvalue weighted by Gasteiger charge is 2.28. The van der Waals surface area contributed by atoms with Crippen LogP contribution in [0, 0.1) is 10.1 Å². The van der Waals surface area contributed by atoms with Gasteiger partial charge < -0.3 is 5.32 Å². The molecule has 0 radical (unpaired) electrons. The van der Waals surface area contributed by atoms with Gasteiger partial charge in [-0.1, -0.05) is 0 Å². The molecule has 0 bridgehead atoms. The third kappa shape index (κ3) is 2.33. The van der Waals surface area contributed by atoms with Crippen LogP contribution in [0.3, 0.4) is 0 Å². The lowest BCUT2D eigenvalue weighted by Gasteiger charge is -2.07. The summed E-state index contributed by atoms with van der Waals surface area (Å²) in [5.74, 6) is -2.21. The summed E-state index contributed by atoms with van der Waals surface area (Å²) in [7, 11) is 0. The number of hydrogen-bond acceptors (Lipinski definition) is 5. The maximum atomic E-state index is 11.2. The van der Waals surface area contributed by atoms with Crippen LogP contribution in [0.2, 0.25) is 0 Å². The van der Waals surface area contributed by atoms with E-state index in [9.17, 15) is 24.5 Å². The standard InChI is InChI=1S/C8H6N2O5/c1-4(11)9-5-2-8(13)6(10(14)15)3-7(5)12/h2-3H,1H3,(H,9,11). The zero-order chi connectivity index (χ0) is 11.6. The number of rotatable bonds is 2. The molecule has 0 aromatic heterocycles. The van der Waals surface area contributed by atoms with Crippen molar-refractivity contribution in [3.63, 3.8) is 0 Å². The molecule has 1 rings (SSSR count). The van der Waals surface area contributed by atoms with E-state index in [-0.39, 0.29) is 5.70 Å². The highest BCUT2D eigenvalue weighted by molar-refractivity contribution is 6.19. The summed E-state index contributed by atoms with van der Waals surface area (Å²) in [4.78, 5) is 42.2. The molecule has 1 N–H and O–H groups in total. The molecule has 15 heavy (non-hydrogen) atoms. The summed E-state index contributed by atoms with van der Waals surface area (Å²) >= 11 is 0. The van der Waals surface area contributed by atoms with E-state index in [1.54, 1.807) is 0 Å². The van der Waals surface area contributed by atoms with Gasteiger partial charge in [-0.2, -0.15) is 0 Å². The lowest BCUT2D eigenvalue weighted by molar-refractivity contribution is -0.418. The van der Waals surface area contributed by atoms with Crippen LogP contribution in [0.4, 0.5) is 0 Å². The highest BCUT2D eigenvalue weighted by Crippen LogP contribution is 2.10. The van der Waals surface area contributed by atoms with Gasteiger partial charge in [0.05, 0.1) is 16.7 Å². The van der Waals surface area contributed by atoms with Crippen LogP contribution in [-0.2, 0) is 14.4 Å². The number of nitro groups is 1. The summed E-state index contributed by atoms with van der Waals surface area (Å²) in [6, 6.07) is 0. The van der Waals surface area contributed by atoms with Gasteiger partial charge >= 0.3 is 5.70 Å². The van der Waals surface area contributed by atoms with Crippen molar-refractivity contribution in [1.29, 1.82) is 0 Å². The number of nitrogens with zero attached hydrogens (tertiary/aromatic N) is 1. The molecule has 0 aromatic carbocycles. The lowest BCUT2D eigenvalue weighted by atomic mass is 10.1. The first kappa shape index (κ1) is 10.8. The number of allylic oxidation sites excluding steroid dienone is 2. The summed E-state index contributed by atoms with van der Waals surface area (Å²) in [5, 5.41) is 12.4. The van der Waals surface area contributed by atoms with E-state index in [4.69, 9.17) is 0 Å². The minimum Gasteiger partial charge on any atom is -0.323 e. The topological polar surface area (TPSA) is 106 Å². The zero-order valence-electron chi connectivity index (χ0n) is 7.64. The van der Waals surface area contributed by atoms with Gasteiger partial charge in [0.2, 0.25) is 11.7 Å². The highest BCUT2D eigenvalue weighted by atomic mass is 16.6. The van der Waals surface area contributed by atoms with Crippen LogP contribution in [-0.4, -0.2) is 22.4 Å². The van der Waals surface area contributed by atoms with Crippen molar-refractivity contribution in [2.75, 3.05) is 0 Å². The molecule has 1 amide bonds. The second kappa shape index (κ2) is 3.82. The van der Waals surface area contributed by atoms with E-state index >= 15 is 0 Å². The van der Waals surface area contributed by atoms with E-state index in [1.807, 2.05) is 0 Å². The molecule has 0 saturated heterocycles. The zero-order valence-corrected chi connectivity index (χ0v) is 7.64. The molecule has 1 aliphatic carbocycles. The van der Waals surface area contributed by atoms with E-state index in [0.717, 1.165) is 13.0 Å². The molecule has 0 unspecified atom stereocenters. The second-order valence-electron chi connectivity index (χ2n) is 2.75. The average Bonchev–Trinajstić information content (AvgIpc) is 2.09. The quantitative estimate of drug-likeness (QED) is 0.369. The number of carbonyl (C=O) groups is 3. The minimum absolute atomic E-state index is 0.252. The van der Waals surface area contributed by atoms with E-state index in [0.29, 0.717) is 6.08 Å². The van der Waals surface area contributed by atoms with Crippen LogP contribution < -0.4 is 5.32 Å². The molecular weight excluding hydrogens is 204 g/mol. The van der Waals surface area contributed by atoms with Crippen LogP contribution in [0.15, 0.2) is 23.5 Å². The Bertz CT molecular complexity index is 432. The second-order valence-corrected chi connectivity index (χ2v) is 2.75. The van der Waals surface area contributed by atoms with Crippen molar-refractivity contribution in [3.8, 4) is 0 Å². The molecule has 78 valence electrons. The third-order valence-electron chi connectivity index (χ3n) is 1.57. The number of ketones is 2. The van der Waals surface area contributed by atoms with Crippen LogP contribution in [0.5, 0.6) is 0 Å². The lowest BCUT2D eigenvalue weighted by Crippen LogP contribution is -2.29. The SMILES string of the molecule is CC(=O)NC1=CC(=O)C([N+](=O)[O-])=CC1=O. The Morgan fingerprint density at radius 2 is 1.93 bits per heavy atom. The van der Waals surface area contributed by atoms with E-state index < -0.39 is 28.1 Å². The molecule has 7 heteroatoms. The molecule has 0 aromatic rings. The Hall–Kier alpha value is -2.31. The van der Waals surface area contributed by atoms with Gasteiger partial charge in [0, 0.05) is 13.0 Å². The largest absolute Gasteiger partial charge is 0.323 e. The maximum absolute atomic E-state index is 11.2. The predicted molar refractivity (Wildman–Crippen MR) is 47.0 cm³/mol.